The maximum Gasteiger partial charge on any atom is 0.149 e. The van der Waals surface area contributed by atoms with Gasteiger partial charge in [0.05, 0.1) is 0 Å². The maximum atomic E-state index is 10.1. The van der Waals surface area contributed by atoms with Crippen molar-refractivity contribution < 1.29 is 9.53 Å². The molecule has 0 aliphatic rings. The summed E-state index contributed by atoms with van der Waals surface area (Å²) >= 11 is 0. The third-order valence-electron chi connectivity index (χ3n) is 1.06. The Morgan fingerprint density at radius 2 is 2.00 bits per heavy atom. The van der Waals surface area contributed by atoms with Crippen molar-refractivity contribution in [3.63, 3.8) is 0 Å². The van der Waals surface area contributed by atoms with E-state index < -0.39 is 0 Å². The van der Waals surface area contributed by atoms with Crippen LogP contribution in [0, 0.1) is 5.92 Å². The van der Waals surface area contributed by atoms with Gasteiger partial charge in [-0.3, -0.25) is 0 Å². The van der Waals surface area contributed by atoms with Gasteiger partial charge in [0.2, 0.25) is 0 Å². The number of hydrogen-bond donors (Lipinski definition) is 0. The van der Waals surface area contributed by atoms with Gasteiger partial charge < -0.3 is 9.53 Å². The third kappa shape index (κ3) is 2.07. The molecule has 0 aromatic carbocycles. The van der Waals surface area contributed by atoms with Crippen LogP contribution in [0.3, 0.4) is 0 Å². The van der Waals surface area contributed by atoms with E-state index in [9.17, 15) is 4.79 Å². The Kier molecular flexibility index (Phi) is 3.44. The van der Waals surface area contributed by atoms with Gasteiger partial charge in [0.25, 0.3) is 0 Å². The highest BCUT2D eigenvalue weighted by molar-refractivity contribution is 5.56. The number of hydrogen-bond acceptors (Lipinski definition) is 2. The maximum absolute atomic E-state index is 10.1. The molecule has 0 unspecified atom stereocenters. The molecular formula is C6H12O2. The second-order valence-corrected chi connectivity index (χ2v) is 2.08. The van der Waals surface area contributed by atoms with E-state index in [1.165, 1.54) is 0 Å². The van der Waals surface area contributed by atoms with E-state index in [0.29, 0.717) is 0 Å². The van der Waals surface area contributed by atoms with E-state index in [-0.39, 0.29) is 12.0 Å². The smallest absolute Gasteiger partial charge is 0.149 e. The minimum absolute atomic E-state index is 0.227. The normalized spacial score (nSPS) is 14.0. The van der Waals surface area contributed by atoms with Crippen LogP contribution in [0.1, 0.15) is 13.8 Å². The molecule has 0 aromatic rings. The highest BCUT2D eigenvalue weighted by Gasteiger charge is 2.08. The van der Waals surface area contributed by atoms with Gasteiger partial charge in [-0.15, -0.1) is 0 Å². The Labute approximate surface area is 49.8 Å². The molecule has 0 bridgehead atoms. The van der Waals surface area contributed by atoms with Crippen molar-refractivity contribution in [2.24, 2.45) is 5.92 Å². The Morgan fingerprint density at radius 3 is 2.00 bits per heavy atom. The van der Waals surface area contributed by atoms with Crippen molar-refractivity contribution in [1.29, 1.82) is 0 Å². The first-order chi connectivity index (χ1) is 3.72. The van der Waals surface area contributed by atoms with Crippen molar-refractivity contribution in [1.82, 2.24) is 0 Å². The second kappa shape index (κ2) is 3.61. The molecule has 1 atom stereocenters. The van der Waals surface area contributed by atoms with Gasteiger partial charge in [0, 0.05) is 7.11 Å². The predicted molar refractivity (Wildman–Crippen MR) is 31.7 cm³/mol. The molecule has 48 valence electrons. The number of aldehydes is 1. The first kappa shape index (κ1) is 7.63. The van der Waals surface area contributed by atoms with Crippen LogP contribution < -0.4 is 0 Å². The van der Waals surface area contributed by atoms with Crippen LogP contribution in [0.5, 0.6) is 0 Å². The molecular weight excluding hydrogens is 104 g/mol. The summed E-state index contributed by atoms with van der Waals surface area (Å²) in [7, 11) is 1.54. The molecule has 0 rings (SSSR count). The average molecular weight is 116 g/mol. The van der Waals surface area contributed by atoms with Crippen LogP contribution in [0.25, 0.3) is 0 Å². The summed E-state index contributed by atoms with van der Waals surface area (Å²) in [6.07, 6.45) is 0.597. The number of carbonyl (C=O) groups is 1. The molecule has 0 heterocycles. The van der Waals surface area contributed by atoms with Crippen LogP contribution in [0.2, 0.25) is 0 Å². The summed E-state index contributed by atoms with van der Waals surface area (Å²) in [5, 5.41) is 0. The van der Waals surface area contributed by atoms with Crippen LogP contribution in [-0.4, -0.2) is 19.5 Å². The average Bonchev–Trinajstić information content (AvgIpc) is 1.69. The summed E-state index contributed by atoms with van der Waals surface area (Å²) in [6.45, 7) is 3.89. The molecule has 0 saturated carbocycles. The van der Waals surface area contributed by atoms with Crippen molar-refractivity contribution in [3.8, 4) is 0 Å². The first-order valence-corrected chi connectivity index (χ1v) is 2.70. The van der Waals surface area contributed by atoms with E-state index >= 15 is 0 Å². The fourth-order valence-electron chi connectivity index (χ4n) is 0.485. The van der Waals surface area contributed by atoms with Crippen molar-refractivity contribution >= 4 is 6.29 Å². The van der Waals surface area contributed by atoms with Gasteiger partial charge in [-0.1, -0.05) is 13.8 Å². The van der Waals surface area contributed by atoms with Gasteiger partial charge in [-0.05, 0) is 5.92 Å². The molecule has 0 radical (unpaired) electrons. The Hall–Kier alpha value is -0.370. The lowest BCUT2D eigenvalue weighted by atomic mass is 10.1. The second-order valence-electron chi connectivity index (χ2n) is 2.08. The Balaban J connectivity index is 3.51. The monoisotopic (exact) mass is 116 g/mol. The molecule has 0 aliphatic carbocycles. The molecule has 0 aromatic heterocycles. The highest BCUT2D eigenvalue weighted by atomic mass is 16.5. The van der Waals surface area contributed by atoms with Gasteiger partial charge in [-0.25, -0.2) is 0 Å². The number of ether oxygens (including phenoxy) is 1. The lowest BCUT2D eigenvalue weighted by molar-refractivity contribution is -0.118. The molecule has 2 heteroatoms. The predicted octanol–water partition coefficient (Wildman–Crippen LogP) is 0.856. The van der Waals surface area contributed by atoms with Crippen molar-refractivity contribution in [3.05, 3.63) is 0 Å². The van der Waals surface area contributed by atoms with Gasteiger partial charge in [0.1, 0.15) is 12.4 Å². The highest BCUT2D eigenvalue weighted by Crippen LogP contribution is 2.00. The summed E-state index contributed by atoms with van der Waals surface area (Å²) in [6, 6.07) is 0. The first-order valence-electron chi connectivity index (χ1n) is 2.70. The molecule has 8 heavy (non-hydrogen) atoms. The molecule has 0 fully saturated rings. The van der Waals surface area contributed by atoms with E-state index in [1.54, 1.807) is 7.11 Å². The largest absolute Gasteiger partial charge is 0.374 e. The lowest BCUT2D eigenvalue weighted by Crippen LogP contribution is -2.18. The van der Waals surface area contributed by atoms with Crippen LogP contribution in [0.15, 0.2) is 0 Å². The standard InChI is InChI=1S/C6H12O2/c1-5(2)6(4-7)8-3/h4-6H,1-3H3/t6-/m1/s1. The zero-order chi connectivity index (χ0) is 6.57. The SMILES string of the molecule is CO[C@H](C=O)C(C)C. The molecule has 0 spiro atoms. The lowest BCUT2D eigenvalue weighted by Gasteiger charge is -2.10. The fraction of sp³-hybridized carbons (Fsp3) is 0.833. The van der Waals surface area contributed by atoms with E-state index in [0.717, 1.165) is 6.29 Å². The van der Waals surface area contributed by atoms with Gasteiger partial charge >= 0.3 is 0 Å². The molecule has 2 nitrogen and oxygen atoms in total. The Morgan fingerprint density at radius 1 is 1.50 bits per heavy atom. The summed E-state index contributed by atoms with van der Waals surface area (Å²) in [5.74, 6) is 0.289. The summed E-state index contributed by atoms with van der Waals surface area (Å²) < 4.78 is 4.79. The van der Waals surface area contributed by atoms with Crippen LogP contribution in [-0.2, 0) is 9.53 Å². The van der Waals surface area contributed by atoms with E-state index in [1.807, 2.05) is 13.8 Å². The molecule has 0 N–H and O–H groups in total. The molecule has 0 aliphatic heterocycles. The number of carbonyl (C=O) groups excluding carboxylic acids is 1. The fourth-order valence-corrected chi connectivity index (χ4v) is 0.485. The van der Waals surface area contributed by atoms with Gasteiger partial charge in [0.15, 0.2) is 0 Å². The zero-order valence-electron chi connectivity index (χ0n) is 5.55. The Bertz CT molecular complexity index is 68.9. The van der Waals surface area contributed by atoms with Crippen LogP contribution >= 0.6 is 0 Å². The minimum atomic E-state index is -0.227. The van der Waals surface area contributed by atoms with Crippen molar-refractivity contribution in [2.75, 3.05) is 7.11 Å². The van der Waals surface area contributed by atoms with Crippen molar-refractivity contribution in [2.45, 2.75) is 20.0 Å². The quantitative estimate of drug-likeness (QED) is 0.511. The molecule has 0 saturated heterocycles. The molecule has 0 amide bonds. The number of rotatable bonds is 3. The van der Waals surface area contributed by atoms with E-state index in [4.69, 9.17) is 4.74 Å². The summed E-state index contributed by atoms with van der Waals surface area (Å²) in [5.41, 5.74) is 0. The van der Waals surface area contributed by atoms with E-state index in [2.05, 4.69) is 0 Å². The minimum Gasteiger partial charge on any atom is -0.374 e. The van der Waals surface area contributed by atoms with Gasteiger partial charge in [-0.2, -0.15) is 0 Å². The summed E-state index contributed by atoms with van der Waals surface area (Å²) in [4.78, 5) is 10.1. The van der Waals surface area contributed by atoms with Crippen LogP contribution in [0.4, 0.5) is 0 Å². The number of methoxy groups -OCH3 is 1. The topological polar surface area (TPSA) is 26.3 Å². The third-order valence-corrected chi connectivity index (χ3v) is 1.06. The zero-order valence-corrected chi connectivity index (χ0v) is 5.55.